The van der Waals surface area contributed by atoms with E-state index in [0.717, 1.165) is 18.8 Å². The van der Waals surface area contributed by atoms with Crippen LogP contribution in [0.2, 0.25) is 0 Å². The summed E-state index contributed by atoms with van der Waals surface area (Å²) in [7, 11) is 0. The molecule has 1 saturated carbocycles. The molecule has 2 rings (SSSR count). The van der Waals surface area contributed by atoms with Crippen molar-refractivity contribution in [3.05, 3.63) is 24.0 Å². The first-order valence-electron chi connectivity index (χ1n) is 6.40. The van der Waals surface area contributed by atoms with Gasteiger partial charge in [-0.15, -0.1) is 0 Å². The fraction of sp³-hybridized carbons (Fsp3) is 0.571. The number of nitrogen functional groups attached to an aromatic ring is 1. The molecular weight excluding hydrogens is 217 g/mol. The lowest BCUT2D eigenvalue weighted by molar-refractivity contribution is 0.130. The van der Waals surface area contributed by atoms with Crippen molar-refractivity contribution in [1.29, 1.82) is 0 Å². The van der Waals surface area contributed by atoms with E-state index in [9.17, 15) is 4.39 Å². The average Bonchev–Trinajstić information content (AvgIpc) is 2.35. The minimum absolute atomic E-state index is 0.196. The summed E-state index contributed by atoms with van der Waals surface area (Å²) in [5, 5.41) is 0. The summed E-state index contributed by atoms with van der Waals surface area (Å²) in [5.74, 6) is 1.03. The maximum absolute atomic E-state index is 13.1. The van der Waals surface area contributed by atoms with E-state index in [-0.39, 0.29) is 11.9 Å². The van der Waals surface area contributed by atoms with Crippen LogP contribution in [0.25, 0.3) is 0 Å². The Bertz CT molecular complexity index is 372. The molecule has 0 atom stereocenters. The van der Waals surface area contributed by atoms with Crippen molar-refractivity contribution in [2.45, 2.75) is 45.1 Å². The molecular formula is C14H20FNO. The first kappa shape index (κ1) is 12.2. The van der Waals surface area contributed by atoms with E-state index in [1.54, 1.807) is 6.07 Å². The molecule has 0 bridgehead atoms. The predicted octanol–water partition coefficient (Wildman–Crippen LogP) is 3.76. The van der Waals surface area contributed by atoms with Gasteiger partial charge < -0.3 is 10.5 Å². The van der Waals surface area contributed by atoms with E-state index in [0.29, 0.717) is 11.4 Å². The minimum atomic E-state index is -0.295. The fourth-order valence-electron chi connectivity index (χ4n) is 2.45. The SMILES string of the molecule is CCC1CCC(Oc2cc(F)ccc2N)CC1. The first-order chi connectivity index (χ1) is 8.19. The zero-order valence-electron chi connectivity index (χ0n) is 10.3. The summed E-state index contributed by atoms with van der Waals surface area (Å²) in [6.45, 7) is 2.23. The molecule has 0 amide bonds. The third kappa shape index (κ3) is 3.11. The molecule has 1 aliphatic rings. The number of anilines is 1. The maximum Gasteiger partial charge on any atom is 0.145 e. The number of ether oxygens (including phenoxy) is 1. The van der Waals surface area contributed by atoms with Crippen LogP contribution < -0.4 is 10.5 Å². The van der Waals surface area contributed by atoms with Gasteiger partial charge in [-0.1, -0.05) is 13.3 Å². The lowest BCUT2D eigenvalue weighted by Gasteiger charge is -2.28. The van der Waals surface area contributed by atoms with Crippen molar-refractivity contribution in [2.75, 3.05) is 5.73 Å². The molecule has 0 radical (unpaired) electrons. The van der Waals surface area contributed by atoms with Gasteiger partial charge in [0.15, 0.2) is 0 Å². The summed E-state index contributed by atoms with van der Waals surface area (Å²) >= 11 is 0. The average molecular weight is 237 g/mol. The smallest absolute Gasteiger partial charge is 0.145 e. The molecule has 0 saturated heterocycles. The molecule has 2 N–H and O–H groups in total. The van der Waals surface area contributed by atoms with Gasteiger partial charge in [-0.05, 0) is 43.7 Å². The van der Waals surface area contributed by atoms with Gasteiger partial charge in [-0.2, -0.15) is 0 Å². The lowest BCUT2D eigenvalue weighted by atomic mass is 9.86. The quantitative estimate of drug-likeness (QED) is 0.812. The molecule has 0 heterocycles. The van der Waals surface area contributed by atoms with Crippen LogP contribution in [0, 0.1) is 11.7 Å². The molecule has 1 fully saturated rings. The molecule has 1 aromatic carbocycles. The van der Waals surface area contributed by atoms with Crippen LogP contribution in [0.4, 0.5) is 10.1 Å². The van der Waals surface area contributed by atoms with E-state index in [4.69, 9.17) is 10.5 Å². The summed E-state index contributed by atoms with van der Waals surface area (Å²) in [6, 6.07) is 4.29. The monoisotopic (exact) mass is 237 g/mol. The fourth-order valence-corrected chi connectivity index (χ4v) is 2.45. The second-order valence-electron chi connectivity index (χ2n) is 4.85. The van der Waals surface area contributed by atoms with Gasteiger partial charge in [0.1, 0.15) is 11.6 Å². The summed E-state index contributed by atoms with van der Waals surface area (Å²) < 4.78 is 18.9. The number of nitrogens with two attached hydrogens (primary N) is 1. The third-order valence-corrected chi connectivity index (χ3v) is 3.64. The number of benzene rings is 1. The van der Waals surface area contributed by atoms with Crippen molar-refractivity contribution in [3.8, 4) is 5.75 Å². The Balaban J connectivity index is 1.95. The predicted molar refractivity (Wildman–Crippen MR) is 67.5 cm³/mol. The van der Waals surface area contributed by atoms with Crippen molar-refractivity contribution in [1.82, 2.24) is 0 Å². The number of hydrogen-bond donors (Lipinski definition) is 1. The standard InChI is InChI=1S/C14H20FNO/c1-2-10-3-6-12(7-4-10)17-14-9-11(15)5-8-13(14)16/h5,8-10,12H,2-4,6-7,16H2,1H3. The molecule has 2 nitrogen and oxygen atoms in total. The van der Waals surface area contributed by atoms with E-state index >= 15 is 0 Å². The van der Waals surface area contributed by atoms with Crippen LogP contribution >= 0.6 is 0 Å². The molecule has 1 aliphatic carbocycles. The normalized spacial score (nSPS) is 24.6. The number of hydrogen-bond acceptors (Lipinski definition) is 2. The molecule has 0 spiro atoms. The molecule has 0 aromatic heterocycles. The summed E-state index contributed by atoms with van der Waals surface area (Å²) in [6.07, 6.45) is 5.95. The van der Waals surface area contributed by atoms with Gasteiger partial charge in [0.2, 0.25) is 0 Å². The van der Waals surface area contributed by atoms with Crippen LogP contribution in [0.3, 0.4) is 0 Å². The third-order valence-electron chi connectivity index (χ3n) is 3.64. The van der Waals surface area contributed by atoms with Crippen molar-refractivity contribution in [3.63, 3.8) is 0 Å². The highest BCUT2D eigenvalue weighted by atomic mass is 19.1. The molecule has 3 heteroatoms. The molecule has 1 aromatic rings. The zero-order chi connectivity index (χ0) is 12.3. The van der Waals surface area contributed by atoms with Crippen LogP contribution in [0.15, 0.2) is 18.2 Å². The van der Waals surface area contributed by atoms with Crippen LogP contribution in [-0.2, 0) is 0 Å². The maximum atomic E-state index is 13.1. The lowest BCUT2D eigenvalue weighted by Crippen LogP contribution is -2.24. The van der Waals surface area contributed by atoms with E-state index in [1.807, 2.05) is 0 Å². The minimum Gasteiger partial charge on any atom is -0.488 e. The second-order valence-corrected chi connectivity index (χ2v) is 4.85. The van der Waals surface area contributed by atoms with E-state index < -0.39 is 0 Å². The highest BCUT2D eigenvalue weighted by Gasteiger charge is 2.21. The summed E-state index contributed by atoms with van der Waals surface area (Å²) in [4.78, 5) is 0. The topological polar surface area (TPSA) is 35.2 Å². The highest BCUT2D eigenvalue weighted by molar-refractivity contribution is 5.52. The number of halogens is 1. The van der Waals surface area contributed by atoms with Crippen molar-refractivity contribution >= 4 is 5.69 Å². The second kappa shape index (κ2) is 5.39. The van der Waals surface area contributed by atoms with E-state index in [1.165, 1.54) is 31.4 Å². The molecule has 0 unspecified atom stereocenters. The van der Waals surface area contributed by atoms with Crippen LogP contribution in [-0.4, -0.2) is 6.10 Å². The molecule has 0 aliphatic heterocycles. The Morgan fingerprint density at radius 1 is 1.29 bits per heavy atom. The largest absolute Gasteiger partial charge is 0.488 e. The van der Waals surface area contributed by atoms with Gasteiger partial charge in [0.25, 0.3) is 0 Å². The Morgan fingerprint density at radius 2 is 2.00 bits per heavy atom. The van der Waals surface area contributed by atoms with Crippen molar-refractivity contribution < 1.29 is 9.13 Å². The number of rotatable bonds is 3. The Kier molecular flexibility index (Phi) is 3.87. The highest BCUT2D eigenvalue weighted by Crippen LogP contribution is 2.31. The van der Waals surface area contributed by atoms with Crippen LogP contribution in [0.5, 0.6) is 5.75 Å². The summed E-state index contributed by atoms with van der Waals surface area (Å²) in [5.41, 5.74) is 6.29. The Morgan fingerprint density at radius 3 is 2.65 bits per heavy atom. The van der Waals surface area contributed by atoms with Crippen molar-refractivity contribution in [2.24, 2.45) is 5.92 Å². The van der Waals surface area contributed by atoms with Gasteiger partial charge in [-0.3, -0.25) is 0 Å². The van der Waals surface area contributed by atoms with Gasteiger partial charge in [0, 0.05) is 6.07 Å². The Hall–Kier alpha value is -1.25. The van der Waals surface area contributed by atoms with Crippen LogP contribution in [0.1, 0.15) is 39.0 Å². The molecule has 17 heavy (non-hydrogen) atoms. The van der Waals surface area contributed by atoms with Gasteiger partial charge in [-0.25, -0.2) is 4.39 Å². The Labute approximate surface area is 102 Å². The molecule has 94 valence electrons. The van der Waals surface area contributed by atoms with E-state index in [2.05, 4.69) is 6.92 Å². The van der Waals surface area contributed by atoms with Gasteiger partial charge in [0.05, 0.1) is 11.8 Å². The zero-order valence-corrected chi connectivity index (χ0v) is 10.3. The van der Waals surface area contributed by atoms with Gasteiger partial charge >= 0.3 is 0 Å². The first-order valence-corrected chi connectivity index (χ1v) is 6.40.